The third-order valence-electron chi connectivity index (χ3n) is 1.31. The zero-order valence-corrected chi connectivity index (χ0v) is 8.33. The molecular weight excluding hydrogens is 224 g/mol. The molecule has 16 heavy (non-hydrogen) atoms. The van der Waals surface area contributed by atoms with Gasteiger partial charge < -0.3 is 27.1 Å². The van der Waals surface area contributed by atoms with Crippen LogP contribution >= 0.6 is 0 Å². The van der Waals surface area contributed by atoms with E-state index < -0.39 is 23.1 Å². The Hall–Kier alpha value is -2.10. The van der Waals surface area contributed by atoms with Crippen molar-refractivity contribution in [2.75, 3.05) is 6.54 Å². The molecule has 0 fully saturated rings. The molecule has 0 rings (SSSR count). The molecule has 0 aliphatic carbocycles. The lowest BCUT2D eigenvalue weighted by Crippen LogP contribution is -2.33. The molecule has 0 radical (unpaired) electrons. The van der Waals surface area contributed by atoms with Gasteiger partial charge in [0.2, 0.25) is 0 Å². The Morgan fingerprint density at radius 2 is 1.94 bits per heavy atom. The lowest BCUT2D eigenvalue weighted by Gasteiger charge is -2.05. The van der Waals surface area contributed by atoms with E-state index in [1.165, 1.54) is 0 Å². The second-order valence-corrected chi connectivity index (χ2v) is 2.62. The second-order valence-electron chi connectivity index (χ2n) is 2.62. The monoisotopic (exact) mass is 238 g/mol. The largest absolute Gasteiger partial charge is 0.480 e. The number of aliphatic carboxylic acids is 1. The van der Waals surface area contributed by atoms with Crippen molar-refractivity contribution >= 4 is 12.0 Å². The van der Waals surface area contributed by atoms with Gasteiger partial charge in [0.05, 0.1) is 0 Å². The first kappa shape index (κ1) is 16.3. The number of primary amides is 1. The van der Waals surface area contributed by atoms with Crippen LogP contribution < -0.4 is 16.8 Å². The number of rotatable bonds is 5. The lowest BCUT2D eigenvalue weighted by molar-refractivity contribution is -0.742. The molecule has 0 aromatic rings. The third-order valence-corrected chi connectivity index (χ3v) is 1.31. The van der Waals surface area contributed by atoms with E-state index >= 15 is 0 Å². The van der Waals surface area contributed by atoms with Crippen molar-refractivity contribution in [1.29, 1.82) is 0 Å². The van der Waals surface area contributed by atoms with E-state index in [9.17, 15) is 9.59 Å². The Kier molecular flexibility index (Phi) is 9.65. The Morgan fingerprint density at radius 3 is 2.25 bits per heavy atom. The number of hydrogen-bond donors (Lipinski definition) is 5. The Labute approximate surface area is 90.3 Å². The average Bonchev–Trinajstić information content (AvgIpc) is 2.10. The first-order chi connectivity index (χ1) is 7.27. The molecule has 0 aliphatic heterocycles. The van der Waals surface area contributed by atoms with Crippen LogP contribution in [-0.2, 0) is 4.79 Å². The highest BCUT2D eigenvalue weighted by atomic mass is 16.9. The highest BCUT2D eigenvalue weighted by molar-refractivity contribution is 5.73. The number of carboxylic acids is 1. The number of nitrogens with one attached hydrogen (secondary N) is 1. The molecule has 0 saturated heterocycles. The van der Waals surface area contributed by atoms with Crippen molar-refractivity contribution in [2.45, 2.75) is 18.9 Å². The fourth-order valence-electron chi connectivity index (χ4n) is 0.657. The van der Waals surface area contributed by atoms with E-state index in [1.807, 2.05) is 0 Å². The molecule has 0 spiro atoms. The van der Waals surface area contributed by atoms with E-state index in [1.54, 1.807) is 0 Å². The summed E-state index contributed by atoms with van der Waals surface area (Å²) >= 11 is 0. The molecule has 0 bridgehead atoms. The number of hydrogen-bond acceptors (Lipinski definition) is 5. The lowest BCUT2D eigenvalue weighted by atomic mass is 10.2. The molecule has 10 heteroatoms. The number of amides is 2. The Bertz CT molecular complexity index is 241. The molecule has 0 saturated carbocycles. The van der Waals surface area contributed by atoms with Crippen molar-refractivity contribution < 1.29 is 25.0 Å². The maximum absolute atomic E-state index is 10.2. The summed E-state index contributed by atoms with van der Waals surface area (Å²) in [5.74, 6) is -1.03. The number of carboxylic acid groups (broad SMARTS) is 1. The number of nitrogens with zero attached hydrogens (tertiary/aromatic N) is 1. The standard InChI is InChI=1S/C6H13N3O3.HNO3/c7-4(5(10)11)2-1-3-9-6(8)12;2-1(3)4/h4H,1-3,7H2,(H,10,11)(H3,8,9,12);(H,2,3,4)/t4-;/m0./s1. The van der Waals surface area contributed by atoms with Crippen LogP contribution in [0.2, 0.25) is 0 Å². The maximum Gasteiger partial charge on any atom is 0.320 e. The minimum Gasteiger partial charge on any atom is -0.480 e. The first-order valence-corrected chi connectivity index (χ1v) is 4.12. The summed E-state index contributed by atoms with van der Waals surface area (Å²) in [4.78, 5) is 28.7. The molecular formula is C6H14N4O6. The van der Waals surface area contributed by atoms with Gasteiger partial charge >= 0.3 is 12.0 Å². The minimum atomic E-state index is -1.50. The predicted molar refractivity (Wildman–Crippen MR) is 51.2 cm³/mol. The molecule has 7 N–H and O–H groups in total. The van der Waals surface area contributed by atoms with Crippen LogP contribution in [0, 0.1) is 10.1 Å². The van der Waals surface area contributed by atoms with Gasteiger partial charge in [-0.1, -0.05) is 0 Å². The normalized spacial score (nSPS) is 10.6. The summed E-state index contributed by atoms with van der Waals surface area (Å²) in [6.07, 6.45) is 0.839. The van der Waals surface area contributed by atoms with E-state index in [0.717, 1.165) is 0 Å². The summed E-state index contributed by atoms with van der Waals surface area (Å²) in [5, 5.41) is 24.3. The number of carbonyl (C=O) groups excluding carboxylic acids is 1. The van der Waals surface area contributed by atoms with E-state index in [4.69, 9.17) is 31.9 Å². The highest BCUT2D eigenvalue weighted by Gasteiger charge is 2.09. The second kappa shape index (κ2) is 9.45. The molecule has 10 nitrogen and oxygen atoms in total. The molecule has 1 atom stereocenters. The zero-order valence-electron chi connectivity index (χ0n) is 8.33. The summed E-state index contributed by atoms with van der Waals surface area (Å²) in [6.45, 7) is 0.357. The molecule has 2 amide bonds. The van der Waals surface area contributed by atoms with Crippen LogP contribution in [0.4, 0.5) is 4.79 Å². The topological polar surface area (TPSA) is 182 Å². The van der Waals surface area contributed by atoms with Gasteiger partial charge in [0.1, 0.15) is 6.04 Å². The van der Waals surface area contributed by atoms with Gasteiger partial charge in [0.15, 0.2) is 0 Å². The number of carbonyl (C=O) groups is 2. The van der Waals surface area contributed by atoms with Gasteiger partial charge in [-0.05, 0) is 12.8 Å². The van der Waals surface area contributed by atoms with Crippen LogP contribution in [0.25, 0.3) is 0 Å². The van der Waals surface area contributed by atoms with Gasteiger partial charge in [-0.3, -0.25) is 4.79 Å². The molecule has 0 aromatic carbocycles. The van der Waals surface area contributed by atoms with Crippen LogP contribution in [-0.4, -0.2) is 40.0 Å². The zero-order chi connectivity index (χ0) is 13.1. The van der Waals surface area contributed by atoms with E-state index in [2.05, 4.69) is 5.32 Å². The molecule has 0 aliphatic rings. The number of urea groups is 1. The van der Waals surface area contributed by atoms with Gasteiger partial charge in [0.25, 0.3) is 5.09 Å². The van der Waals surface area contributed by atoms with Gasteiger partial charge in [-0.15, -0.1) is 10.1 Å². The van der Waals surface area contributed by atoms with Gasteiger partial charge in [-0.25, -0.2) is 4.79 Å². The highest BCUT2D eigenvalue weighted by Crippen LogP contribution is 1.92. The van der Waals surface area contributed by atoms with Crippen LogP contribution in [0.15, 0.2) is 0 Å². The summed E-state index contributed by atoms with van der Waals surface area (Å²) in [5.41, 5.74) is 9.96. The number of nitrogens with two attached hydrogens (primary N) is 2. The Morgan fingerprint density at radius 1 is 1.50 bits per heavy atom. The van der Waals surface area contributed by atoms with Crippen molar-refractivity contribution in [1.82, 2.24) is 5.32 Å². The molecule has 0 aromatic heterocycles. The smallest absolute Gasteiger partial charge is 0.320 e. The SMILES string of the molecule is NC(=O)NCCC[C@H](N)C(=O)O.O=[N+]([O-])O. The third kappa shape index (κ3) is 17.8. The van der Waals surface area contributed by atoms with E-state index in [0.29, 0.717) is 19.4 Å². The minimum absolute atomic E-state index is 0.329. The predicted octanol–water partition coefficient (Wildman–Crippen LogP) is -1.50. The van der Waals surface area contributed by atoms with Gasteiger partial charge in [0, 0.05) is 6.54 Å². The van der Waals surface area contributed by atoms with E-state index in [-0.39, 0.29) is 0 Å². The van der Waals surface area contributed by atoms with Crippen LogP contribution in [0.5, 0.6) is 0 Å². The summed E-state index contributed by atoms with van der Waals surface area (Å²) < 4.78 is 0. The molecule has 94 valence electrons. The van der Waals surface area contributed by atoms with Crippen molar-refractivity contribution in [3.8, 4) is 0 Å². The molecule has 0 unspecified atom stereocenters. The first-order valence-electron chi connectivity index (χ1n) is 4.12. The maximum atomic E-state index is 10.2. The fourth-order valence-corrected chi connectivity index (χ4v) is 0.657. The van der Waals surface area contributed by atoms with Crippen LogP contribution in [0.1, 0.15) is 12.8 Å². The van der Waals surface area contributed by atoms with Gasteiger partial charge in [-0.2, -0.15) is 0 Å². The summed E-state index contributed by atoms with van der Waals surface area (Å²) in [7, 11) is 0. The van der Waals surface area contributed by atoms with Crippen LogP contribution in [0.3, 0.4) is 0 Å². The summed E-state index contributed by atoms with van der Waals surface area (Å²) in [6, 6.07) is -1.47. The average molecular weight is 238 g/mol. The molecule has 0 heterocycles. The van der Waals surface area contributed by atoms with Crippen molar-refractivity contribution in [2.24, 2.45) is 11.5 Å². The quantitative estimate of drug-likeness (QED) is 0.219. The Balaban J connectivity index is 0. The van der Waals surface area contributed by atoms with Crippen molar-refractivity contribution in [3.63, 3.8) is 0 Å². The fraction of sp³-hybridized carbons (Fsp3) is 0.667. The van der Waals surface area contributed by atoms with Crippen molar-refractivity contribution in [3.05, 3.63) is 10.1 Å².